The van der Waals surface area contributed by atoms with E-state index in [2.05, 4.69) is 9.88 Å². The molecule has 1 aromatic carbocycles. The average Bonchev–Trinajstić information content (AvgIpc) is 2.76. The summed E-state index contributed by atoms with van der Waals surface area (Å²) in [5.74, 6) is 1.46. The molecule has 0 radical (unpaired) electrons. The average molecular weight is 349 g/mol. The van der Waals surface area contributed by atoms with Gasteiger partial charge in [-0.15, -0.1) is 0 Å². The molecule has 24 heavy (non-hydrogen) atoms. The molecule has 1 aromatic heterocycles. The number of halogens is 1. The fourth-order valence-electron chi connectivity index (χ4n) is 2.93. The fraction of sp³-hybridized carbons (Fsp3) is 0.412. The summed E-state index contributed by atoms with van der Waals surface area (Å²) >= 11 is 5.93. The van der Waals surface area contributed by atoms with Crippen LogP contribution in [0.2, 0.25) is 5.02 Å². The molecule has 0 aliphatic carbocycles. The van der Waals surface area contributed by atoms with Crippen LogP contribution < -0.4 is 5.73 Å². The Morgan fingerprint density at radius 3 is 2.71 bits per heavy atom. The summed E-state index contributed by atoms with van der Waals surface area (Å²) in [5, 5.41) is 0.694. The largest absolute Gasteiger partial charge is 0.439 e. The molecule has 6 nitrogen and oxygen atoms in total. The number of primary amides is 1. The Labute approximate surface area is 146 Å². The molecule has 1 aliphatic rings. The van der Waals surface area contributed by atoms with Gasteiger partial charge in [0.2, 0.25) is 5.89 Å². The van der Waals surface area contributed by atoms with Gasteiger partial charge in [-0.25, -0.2) is 9.78 Å². The van der Waals surface area contributed by atoms with Crippen LogP contribution in [0.15, 0.2) is 28.7 Å². The van der Waals surface area contributed by atoms with Gasteiger partial charge in [0.15, 0.2) is 5.76 Å². The molecule has 1 saturated heterocycles. The Morgan fingerprint density at radius 2 is 2.00 bits per heavy atom. The number of hydrogen-bond donors (Lipinski definition) is 1. The Balaban J connectivity index is 1.69. The van der Waals surface area contributed by atoms with E-state index in [9.17, 15) is 4.79 Å². The summed E-state index contributed by atoms with van der Waals surface area (Å²) in [6.07, 6.45) is 0.896. The second kappa shape index (κ2) is 7.23. The second-order valence-electron chi connectivity index (χ2n) is 5.98. The van der Waals surface area contributed by atoms with E-state index in [4.69, 9.17) is 21.8 Å². The molecule has 1 aliphatic heterocycles. The summed E-state index contributed by atoms with van der Waals surface area (Å²) in [7, 11) is 0. The van der Waals surface area contributed by atoms with Crippen LogP contribution in [0.1, 0.15) is 18.0 Å². The first-order chi connectivity index (χ1) is 11.5. The van der Waals surface area contributed by atoms with Crippen molar-refractivity contribution in [2.24, 2.45) is 5.73 Å². The zero-order valence-electron chi connectivity index (χ0n) is 13.7. The molecular weight excluding hydrogens is 328 g/mol. The first-order valence-corrected chi connectivity index (χ1v) is 8.39. The fourth-order valence-corrected chi connectivity index (χ4v) is 3.06. The van der Waals surface area contributed by atoms with Crippen molar-refractivity contribution in [1.29, 1.82) is 0 Å². The van der Waals surface area contributed by atoms with Gasteiger partial charge in [-0.2, -0.15) is 0 Å². The van der Waals surface area contributed by atoms with Gasteiger partial charge in [0.05, 0.1) is 12.2 Å². The van der Waals surface area contributed by atoms with Gasteiger partial charge in [-0.3, -0.25) is 4.90 Å². The van der Waals surface area contributed by atoms with Crippen LogP contribution in [0.5, 0.6) is 0 Å². The molecule has 1 fully saturated rings. The van der Waals surface area contributed by atoms with Gasteiger partial charge >= 0.3 is 6.03 Å². The van der Waals surface area contributed by atoms with E-state index in [0.717, 1.165) is 36.5 Å². The lowest BCUT2D eigenvalue weighted by Crippen LogP contribution is -2.38. The maximum atomic E-state index is 11.3. The second-order valence-corrected chi connectivity index (χ2v) is 6.42. The van der Waals surface area contributed by atoms with Crippen LogP contribution in [0, 0.1) is 6.92 Å². The van der Waals surface area contributed by atoms with Crippen molar-refractivity contribution < 1.29 is 9.21 Å². The molecule has 2 amide bonds. The zero-order chi connectivity index (χ0) is 17.1. The molecule has 0 spiro atoms. The lowest BCUT2D eigenvalue weighted by molar-refractivity contribution is 0.205. The van der Waals surface area contributed by atoms with Crippen molar-refractivity contribution in [1.82, 2.24) is 14.8 Å². The standard InChI is InChI=1S/C17H21ClN4O2/c1-12-16(13-3-5-14(18)6-4-13)24-15(20-12)11-21-7-2-8-22(10-9-21)17(19)23/h3-6H,2,7-11H2,1H3,(H2,19,23). The smallest absolute Gasteiger partial charge is 0.314 e. The molecule has 2 N–H and O–H groups in total. The minimum Gasteiger partial charge on any atom is -0.439 e. The van der Waals surface area contributed by atoms with E-state index in [1.165, 1.54) is 0 Å². The Bertz CT molecular complexity index is 714. The van der Waals surface area contributed by atoms with Crippen LogP contribution in [0.25, 0.3) is 11.3 Å². The number of aromatic nitrogens is 1. The van der Waals surface area contributed by atoms with Crippen molar-refractivity contribution in [2.75, 3.05) is 26.2 Å². The van der Waals surface area contributed by atoms with Crippen molar-refractivity contribution in [3.8, 4) is 11.3 Å². The number of benzene rings is 1. The van der Waals surface area contributed by atoms with Gasteiger partial charge in [0.25, 0.3) is 0 Å². The predicted molar refractivity (Wildman–Crippen MR) is 92.7 cm³/mol. The monoisotopic (exact) mass is 348 g/mol. The predicted octanol–water partition coefficient (Wildman–Crippen LogP) is 2.89. The number of carbonyl (C=O) groups excluding carboxylic acids is 1. The SMILES string of the molecule is Cc1nc(CN2CCCN(C(N)=O)CC2)oc1-c1ccc(Cl)cc1. The number of urea groups is 1. The lowest BCUT2D eigenvalue weighted by Gasteiger charge is -2.19. The number of hydrogen-bond acceptors (Lipinski definition) is 4. The van der Waals surface area contributed by atoms with E-state index in [0.29, 0.717) is 30.5 Å². The third-order valence-electron chi connectivity index (χ3n) is 4.21. The normalized spacial score (nSPS) is 16.2. The molecule has 0 bridgehead atoms. The maximum absolute atomic E-state index is 11.3. The number of oxazole rings is 1. The van der Waals surface area contributed by atoms with E-state index in [-0.39, 0.29) is 6.03 Å². The van der Waals surface area contributed by atoms with Gasteiger partial charge < -0.3 is 15.1 Å². The molecule has 0 unspecified atom stereocenters. The van der Waals surface area contributed by atoms with Crippen LogP contribution >= 0.6 is 11.6 Å². The zero-order valence-corrected chi connectivity index (χ0v) is 14.4. The van der Waals surface area contributed by atoms with Crippen molar-refractivity contribution in [3.05, 3.63) is 40.9 Å². The summed E-state index contributed by atoms with van der Waals surface area (Å²) in [4.78, 5) is 19.7. The minimum atomic E-state index is -0.353. The van der Waals surface area contributed by atoms with Crippen LogP contribution in [-0.2, 0) is 6.54 Å². The van der Waals surface area contributed by atoms with E-state index in [1.54, 1.807) is 4.90 Å². The maximum Gasteiger partial charge on any atom is 0.314 e. The highest BCUT2D eigenvalue weighted by molar-refractivity contribution is 6.30. The van der Waals surface area contributed by atoms with Crippen LogP contribution in [0.3, 0.4) is 0 Å². The van der Waals surface area contributed by atoms with Crippen LogP contribution in [0.4, 0.5) is 4.79 Å². The molecular formula is C17H21ClN4O2. The van der Waals surface area contributed by atoms with Crippen LogP contribution in [-0.4, -0.2) is 47.0 Å². The van der Waals surface area contributed by atoms with Gasteiger partial charge in [-0.05, 0) is 37.6 Å². The molecule has 0 atom stereocenters. The number of nitrogens with zero attached hydrogens (tertiary/aromatic N) is 3. The molecule has 3 rings (SSSR count). The van der Waals surface area contributed by atoms with Crippen molar-refractivity contribution in [3.63, 3.8) is 0 Å². The summed E-state index contributed by atoms with van der Waals surface area (Å²) in [6.45, 7) is 5.56. The Morgan fingerprint density at radius 1 is 1.25 bits per heavy atom. The topological polar surface area (TPSA) is 75.6 Å². The van der Waals surface area contributed by atoms with E-state index < -0.39 is 0 Å². The number of amides is 2. The number of rotatable bonds is 3. The Hall–Kier alpha value is -2.05. The number of carbonyl (C=O) groups is 1. The first kappa shape index (κ1) is 16.8. The van der Waals surface area contributed by atoms with E-state index >= 15 is 0 Å². The molecule has 0 saturated carbocycles. The van der Waals surface area contributed by atoms with Crippen molar-refractivity contribution >= 4 is 17.6 Å². The summed E-state index contributed by atoms with van der Waals surface area (Å²) < 4.78 is 5.96. The first-order valence-electron chi connectivity index (χ1n) is 8.02. The highest BCUT2D eigenvalue weighted by Gasteiger charge is 2.19. The molecule has 2 aromatic rings. The van der Waals surface area contributed by atoms with Crippen molar-refractivity contribution in [2.45, 2.75) is 19.9 Å². The molecule has 7 heteroatoms. The quantitative estimate of drug-likeness (QED) is 0.925. The third-order valence-corrected chi connectivity index (χ3v) is 4.46. The molecule has 128 valence electrons. The highest BCUT2D eigenvalue weighted by atomic mass is 35.5. The highest BCUT2D eigenvalue weighted by Crippen LogP contribution is 2.26. The summed E-state index contributed by atoms with van der Waals surface area (Å²) in [5.41, 5.74) is 7.19. The third kappa shape index (κ3) is 3.88. The Kier molecular flexibility index (Phi) is 5.06. The lowest BCUT2D eigenvalue weighted by atomic mass is 10.1. The minimum absolute atomic E-state index is 0.353. The summed E-state index contributed by atoms with van der Waals surface area (Å²) in [6, 6.07) is 7.18. The number of nitrogens with two attached hydrogens (primary N) is 1. The molecule has 2 heterocycles. The van der Waals surface area contributed by atoms with Gasteiger partial charge in [0, 0.05) is 36.8 Å². The number of aryl methyl sites for hydroxylation is 1. The van der Waals surface area contributed by atoms with Gasteiger partial charge in [0.1, 0.15) is 0 Å². The van der Waals surface area contributed by atoms with Gasteiger partial charge in [-0.1, -0.05) is 11.6 Å². The van der Waals surface area contributed by atoms with E-state index in [1.807, 2.05) is 31.2 Å².